The van der Waals surface area contributed by atoms with Crippen molar-refractivity contribution in [3.63, 3.8) is 0 Å². The van der Waals surface area contributed by atoms with Crippen molar-refractivity contribution in [3.05, 3.63) is 27.7 Å². The van der Waals surface area contributed by atoms with Crippen LogP contribution in [0.5, 0.6) is 5.75 Å². The predicted molar refractivity (Wildman–Crippen MR) is 68.8 cm³/mol. The Labute approximate surface area is 114 Å². The van der Waals surface area contributed by atoms with E-state index in [0.29, 0.717) is 0 Å². The maximum atomic E-state index is 11.4. The van der Waals surface area contributed by atoms with Gasteiger partial charge in [0.25, 0.3) is 0 Å². The van der Waals surface area contributed by atoms with Crippen LogP contribution in [0.15, 0.2) is 10.9 Å². The van der Waals surface area contributed by atoms with Crippen molar-refractivity contribution in [1.29, 1.82) is 0 Å². The van der Waals surface area contributed by atoms with Gasteiger partial charge in [-0.1, -0.05) is 0 Å². The molecular formula is C12H16N2O6. The number of carbonyl (C=O) groups excluding carboxylic acids is 1. The summed E-state index contributed by atoms with van der Waals surface area (Å²) in [6.45, 7) is 4.77. The SMILES string of the molecule is CC(C)(C)OC(=O)NCc1[nH]c(C(=O)O)cc(=O)c1O. The van der Waals surface area contributed by atoms with E-state index in [-0.39, 0.29) is 17.9 Å². The summed E-state index contributed by atoms with van der Waals surface area (Å²) in [7, 11) is 0. The molecule has 0 spiro atoms. The molecule has 8 heteroatoms. The minimum absolute atomic E-state index is 0.110. The number of carboxylic acid groups (broad SMARTS) is 1. The number of nitrogens with one attached hydrogen (secondary N) is 2. The summed E-state index contributed by atoms with van der Waals surface area (Å²) in [4.78, 5) is 35.9. The molecule has 1 heterocycles. The molecule has 0 aromatic carbocycles. The van der Waals surface area contributed by atoms with Crippen molar-refractivity contribution in [3.8, 4) is 5.75 Å². The maximum absolute atomic E-state index is 11.4. The van der Waals surface area contributed by atoms with E-state index < -0.39 is 28.8 Å². The Hall–Kier alpha value is -2.51. The van der Waals surface area contributed by atoms with E-state index in [9.17, 15) is 19.5 Å². The van der Waals surface area contributed by atoms with E-state index in [4.69, 9.17) is 9.84 Å². The molecule has 110 valence electrons. The van der Waals surface area contributed by atoms with E-state index in [1.54, 1.807) is 20.8 Å². The van der Waals surface area contributed by atoms with Gasteiger partial charge < -0.3 is 25.3 Å². The second kappa shape index (κ2) is 5.64. The molecule has 4 N–H and O–H groups in total. The molecular weight excluding hydrogens is 268 g/mol. The Morgan fingerprint density at radius 3 is 2.50 bits per heavy atom. The molecule has 1 rings (SSSR count). The zero-order valence-electron chi connectivity index (χ0n) is 11.3. The van der Waals surface area contributed by atoms with Crippen LogP contribution in [0.25, 0.3) is 0 Å². The van der Waals surface area contributed by atoms with Crippen LogP contribution in [0, 0.1) is 0 Å². The lowest BCUT2D eigenvalue weighted by atomic mass is 10.2. The van der Waals surface area contributed by atoms with E-state index in [2.05, 4.69) is 10.3 Å². The molecule has 0 unspecified atom stereocenters. The summed E-state index contributed by atoms with van der Waals surface area (Å²) in [6.07, 6.45) is -0.751. The summed E-state index contributed by atoms with van der Waals surface area (Å²) >= 11 is 0. The first-order valence-electron chi connectivity index (χ1n) is 5.75. The first-order valence-corrected chi connectivity index (χ1v) is 5.75. The van der Waals surface area contributed by atoms with E-state index in [0.717, 1.165) is 6.07 Å². The maximum Gasteiger partial charge on any atom is 0.407 e. The number of amides is 1. The molecule has 1 aromatic heterocycles. The van der Waals surface area contributed by atoms with Gasteiger partial charge in [-0.05, 0) is 20.8 Å². The number of pyridine rings is 1. The number of rotatable bonds is 3. The Kier molecular flexibility index (Phi) is 4.38. The molecule has 0 saturated carbocycles. The fourth-order valence-corrected chi connectivity index (χ4v) is 1.32. The van der Waals surface area contributed by atoms with Gasteiger partial charge in [-0.25, -0.2) is 9.59 Å². The number of hydrogen-bond donors (Lipinski definition) is 4. The first kappa shape index (κ1) is 15.5. The van der Waals surface area contributed by atoms with Crippen molar-refractivity contribution in [2.45, 2.75) is 32.9 Å². The number of ether oxygens (including phenoxy) is 1. The third kappa shape index (κ3) is 4.30. The van der Waals surface area contributed by atoms with Gasteiger partial charge in [0.1, 0.15) is 11.3 Å². The monoisotopic (exact) mass is 284 g/mol. The molecule has 20 heavy (non-hydrogen) atoms. The fourth-order valence-electron chi connectivity index (χ4n) is 1.32. The number of aromatic amines is 1. The summed E-state index contributed by atoms with van der Waals surface area (Å²) in [5, 5.41) is 20.6. The van der Waals surface area contributed by atoms with Crippen LogP contribution >= 0.6 is 0 Å². The summed E-state index contributed by atoms with van der Waals surface area (Å²) in [6, 6.07) is 0.759. The smallest absolute Gasteiger partial charge is 0.407 e. The minimum Gasteiger partial charge on any atom is -0.503 e. The third-order valence-corrected chi connectivity index (χ3v) is 2.12. The molecule has 0 aliphatic heterocycles. The van der Waals surface area contributed by atoms with Gasteiger partial charge >= 0.3 is 12.1 Å². The molecule has 0 atom stereocenters. The Bertz CT molecular complexity index is 585. The standard InChI is InChI=1S/C12H16N2O6/c1-12(2,3)20-11(19)13-5-7-9(16)8(15)4-6(14-7)10(17)18/h4,16H,5H2,1-3H3,(H,13,19)(H,14,15)(H,17,18). The van der Waals surface area contributed by atoms with Crippen LogP contribution < -0.4 is 10.7 Å². The van der Waals surface area contributed by atoms with Crippen LogP contribution in [-0.2, 0) is 11.3 Å². The molecule has 0 aliphatic carbocycles. The van der Waals surface area contributed by atoms with Gasteiger partial charge in [0, 0.05) is 6.07 Å². The molecule has 0 saturated heterocycles. The van der Waals surface area contributed by atoms with Gasteiger partial charge in [-0.2, -0.15) is 0 Å². The second-order valence-electron chi connectivity index (χ2n) is 5.04. The molecule has 0 bridgehead atoms. The first-order chi connectivity index (χ1) is 9.10. The van der Waals surface area contributed by atoms with Crippen LogP contribution in [0.2, 0.25) is 0 Å². The number of carboxylic acids is 1. The lowest BCUT2D eigenvalue weighted by Crippen LogP contribution is -2.32. The highest BCUT2D eigenvalue weighted by molar-refractivity contribution is 5.85. The van der Waals surface area contributed by atoms with Crippen molar-refractivity contribution in [1.82, 2.24) is 10.3 Å². The zero-order valence-corrected chi connectivity index (χ0v) is 11.3. The number of H-pyrrole nitrogens is 1. The molecule has 1 amide bonds. The van der Waals surface area contributed by atoms with Gasteiger partial charge in [-0.15, -0.1) is 0 Å². The van der Waals surface area contributed by atoms with E-state index in [1.165, 1.54) is 0 Å². The molecule has 8 nitrogen and oxygen atoms in total. The number of alkyl carbamates (subject to hydrolysis) is 1. The lowest BCUT2D eigenvalue weighted by molar-refractivity contribution is 0.0522. The highest BCUT2D eigenvalue weighted by atomic mass is 16.6. The number of aromatic nitrogens is 1. The Morgan fingerprint density at radius 1 is 1.40 bits per heavy atom. The molecule has 0 fully saturated rings. The van der Waals surface area contributed by atoms with Gasteiger partial charge in [0.2, 0.25) is 5.43 Å². The van der Waals surface area contributed by atoms with Crippen LogP contribution in [-0.4, -0.2) is 32.9 Å². The number of aromatic hydroxyl groups is 1. The average Bonchev–Trinajstić information content (AvgIpc) is 2.28. The Morgan fingerprint density at radius 2 is 2.00 bits per heavy atom. The fraction of sp³-hybridized carbons (Fsp3) is 0.417. The highest BCUT2D eigenvalue weighted by Crippen LogP contribution is 2.10. The van der Waals surface area contributed by atoms with Crippen LogP contribution in [0.3, 0.4) is 0 Å². The van der Waals surface area contributed by atoms with Crippen LogP contribution in [0.4, 0.5) is 4.79 Å². The van der Waals surface area contributed by atoms with E-state index in [1.807, 2.05) is 0 Å². The topological polar surface area (TPSA) is 129 Å². The summed E-state index contributed by atoms with van der Waals surface area (Å²) < 4.78 is 4.97. The average molecular weight is 284 g/mol. The summed E-state index contributed by atoms with van der Waals surface area (Å²) in [5.41, 5.74) is -2.03. The van der Waals surface area contributed by atoms with Gasteiger partial charge in [0.15, 0.2) is 5.75 Å². The summed E-state index contributed by atoms with van der Waals surface area (Å²) in [5.74, 6) is -1.99. The quantitative estimate of drug-likeness (QED) is 0.650. The van der Waals surface area contributed by atoms with Crippen molar-refractivity contribution in [2.24, 2.45) is 0 Å². The van der Waals surface area contributed by atoms with Crippen molar-refractivity contribution in [2.75, 3.05) is 0 Å². The third-order valence-electron chi connectivity index (χ3n) is 2.12. The molecule has 0 aliphatic rings. The second-order valence-corrected chi connectivity index (χ2v) is 5.04. The zero-order chi connectivity index (χ0) is 15.5. The minimum atomic E-state index is -1.35. The number of aromatic carboxylic acids is 1. The highest BCUT2D eigenvalue weighted by Gasteiger charge is 2.17. The largest absolute Gasteiger partial charge is 0.503 e. The van der Waals surface area contributed by atoms with Gasteiger partial charge in [0.05, 0.1) is 12.2 Å². The van der Waals surface area contributed by atoms with Crippen molar-refractivity contribution >= 4 is 12.1 Å². The number of hydrogen-bond acceptors (Lipinski definition) is 5. The molecule has 0 radical (unpaired) electrons. The predicted octanol–water partition coefficient (Wildman–Crippen LogP) is 0.803. The van der Waals surface area contributed by atoms with Gasteiger partial charge in [-0.3, -0.25) is 4.79 Å². The van der Waals surface area contributed by atoms with Crippen LogP contribution in [0.1, 0.15) is 37.0 Å². The molecule has 1 aromatic rings. The Balaban J connectivity index is 2.85. The van der Waals surface area contributed by atoms with Crippen molar-refractivity contribution < 1.29 is 24.5 Å². The lowest BCUT2D eigenvalue weighted by Gasteiger charge is -2.19. The normalized spacial score (nSPS) is 10.9. The van der Waals surface area contributed by atoms with E-state index >= 15 is 0 Å². The number of carbonyl (C=O) groups is 2.